The average Bonchev–Trinajstić information content (AvgIpc) is 2.34. The van der Waals surface area contributed by atoms with Gasteiger partial charge < -0.3 is 5.32 Å². The molecule has 4 nitrogen and oxygen atoms in total. The van der Waals surface area contributed by atoms with E-state index in [0.717, 1.165) is 25.8 Å². The summed E-state index contributed by atoms with van der Waals surface area (Å²) in [6.45, 7) is 9.30. The molecular weight excluding hydrogens is 272 g/mol. The van der Waals surface area contributed by atoms with E-state index in [1.807, 2.05) is 0 Å². The molecule has 20 heavy (non-hydrogen) atoms. The van der Waals surface area contributed by atoms with Crippen molar-refractivity contribution in [2.45, 2.75) is 71.9 Å². The normalized spacial score (nSPS) is 24.5. The second-order valence-electron chi connectivity index (χ2n) is 6.70. The Morgan fingerprint density at radius 3 is 2.35 bits per heavy atom. The van der Waals surface area contributed by atoms with E-state index in [2.05, 4.69) is 37.7 Å². The predicted molar refractivity (Wildman–Crippen MR) is 85.3 cm³/mol. The van der Waals surface area contributed by atoms with Gasteiger partial charge in [0.25, 0.3) is 0 Å². The molecule has 1 rings (SSSR count). The van der Waals surface area contributed by atoms with Crippen molar-refractivity contribution in [3.8, 4) is 0 Å². The van der Waals surface area contributed by atoms with Crippen LogP contribution < -0.4 is 10.0 Å². The Morgan fingerprint density at radius 2 is 1.75 bits per heavy atom. The van der Waals surface area contributed by atoms with E-state index in [0.29, 0.717) is 24.3 Å². The maximum Gasteiger partial charge on any atom is 0.211 e. The van der Waals surface area contributed by atoms with Gasteiger partial charge in [-0.2, -0.15) is 0 Å². The van der Waals surface area contributed by atoms with Crippen LogP contribution in [0, 0.1) is 11.8 Å². The second kappa shape index (κ2) is 8.35. The van der Waals surface area contributed by atoms with Crippen LogP contribution in [0.15, 0.2) is 0 Å². The van der Waals surface area contributed by atoms with Crippen LogP contribution in [0.2, 0.25) is 0 Å². The van der Waals surface area contributed by atoms with Crippen LogP contribution in [0.3, 0.4) is 0 Å². The van der Waals surface area contributed by atoms with Gasteiger partial charge in [0.05, 0.1) is 5.75 Å². The van der Waals surface area contributed by atoms with Crippen LogP contribution in [0.1, 0.15) is 59.8 Å². The monoisotopic (exact) mass is 304 g/mol. The van der Waals surface area contributed by atoms with E-state index in [-0.39, 0.29) is 11.8 Å². The summed E-state index contributed by atoms with van der Waals surface area (Å²) in [6.07, 6.45) is 5.20. The Hall–Kier alpha value is -0.130. The summed E-state index contributed by atoms with van der Waals surface area (Å²) < 4.78 is 27.3. The molecular formula is C15H32N2O2S. The second-order valence-corrected chi connectivity index (χ2v) is 8.57. The van der Waals surface area contributed by atoms with E-state index < -0.39 is 10.0 Å². The Morgan fingerprint density at radius 1 is 1.10 bits per heavy atom. The maximum absolute atomic E-state index is 12.2. The summed E-state index contributed by atoms with van der Waals surface area (Å²) in [5.41, 5.74) is 0. The number of rotatable bonds is 8. The zero-order valence-electron chi connectivity index (χ0n) is 13.5. The first-order valence-corrected chi connectivity index (χ1v) is 9.70. The molecule has 0 saturated heterocycles. The van der Waals surface area contributed by atoms with Crippen molar-refractivity contribution < 1.29 is 8.42 Å². The molecule has 2 N–H and O–H groups in total. The summed E-state index contributed by atoms with van der Waals surface area (Å²) in [4.78, 5) is 0. The summed E-state index contributed by atoms with van der Waals surface area (Å²) in [7, 11) is -3.14. The lowest BCUT2D eigenvalue weighted by atomic mass is 9.78. The number of sulfonamides is 1. The number of hydrogen-bond acceptors (Lipinski definition) is 3. The standard InChI is InChI=1S/C15H32N2O2S/c1-12(2)14-8-5-6-9-15(14)17-20(18,19)11-7-10-16-13(3)4/h12-17H,5-11H2,1-4H3. The molecule has 1 fully saturated rings. The Kier molecular flexibility index (Phi) is 7.48. The van der Waals surface area contributed by atoms with Gasteiger partial charge in [-0.25, -0.2) is 13.1 Å². The molecule has 2 atom stereocenters. The average molecular weight is 304 g/mol. The van der Waals surface area contributed by atoms with Gasteiger partial charge in [0.1, 0.15) is 0 Å². The van der Waals surface area contributed by atoms with Gasteiger partial charge in [-0.1, -0.05) is 40.5 Å². The van der Waals surface area contributed by atoms with Crippen molar-refractivity contribution in [1.29, 1.82) is 0 Å². The highest BCUT2D eigenvalue weighted by Gasteiger charge is 2.30. The summed E-state index contributed by atoms with van der Waals surface area (Å²) in [6, 6.07) is 0.557. The lowest BCUT2D eigenvalue weighted by Crippen LogP contribution is -2.45. The molecule has 5 heteroatoms. The summed E-state index contributed by atoms with van der Waals surface area (Å²) in [5, 5.41) is 3.26. The minimum absolute atomic E-state index is 0.145. The Labute approximate surface area is 125 Å². The van der Waals surface area contributed by atoms with Gasteiger partial charge in [0.2, 0.25) is 10.0 Å². The Balaban J connectivity index is 2.43. The van der Waals surface area contributed by atoms with Crippen LogP contribution in [-0.2, 0) is 10.0 Å². The van der Waals surface area contributed by atoms with Gasteiger partial charge in [-0.3, -0.25) is 0 Å². The highest BCUT2D eigenvalue weighted by molar-refractivity contribution is 7.89. The zero-order chi connectivity index (χ0) is 15.2. The molecule has 2 unspecified atom stereocenters. The number of hydrogen-bond donors (Lipinski definition) is 2. The van der Waals surface area contributed by atoms with E-state index in [9.17, 15) is 8.42 Å². The van der Waals surface area contributed by atoms with Crippen LogP contribution >= 0.6 is 0 Å². The molecule has 1 aliphatic rings. The van der Waals surface area contributed by atoms with Crippen molar-refractivity contribution in [2.75, 3.05) is 12.3 Å². The molecule has 0 aromatic carbocycles. The summed E-state index contributed by atoms with van der Waals surface area (Å²) >= 11 is 0. The van der Waals surface area contributed by atoms with Crippen molar-refractivity contribution >= 4 is 10.0 Å². The molecule has 0 heterocycles. The minimum atomic E-state index is -3.14. The Bertz CT molecular complexity index is 366. The lowest BCUT2D eigenvalue weighted by Gasteiger charge is -2.34. The predicted octanol–water partition coefficient (Wildman–Crippen LogP) is 2.51. The van der Waals surface area contributed by atoms with Gasteiger partial charge in [0, 0.05) is 12.1 Å². The lowest BCUT2D eigenvalue weighted by molar-refractivity contribution is 0.226. The van der Waals surface area contributed by atoms with E-state index in [1.165, 1.54) is 6.42 Å². The fraction of sp³-hybridized carbons (Fsp3) is 1.00. The highest BCUT2D eigenvalue weighted by Crippen LogP contribution is 2.30. The van der Waals surface area contributed by atoms with E-state index in [4.69, 9.17) is 0 Å². The number of nitrogens with one attached hydrogen (secondary N) is 2. The van der Waals surface area contributed by atoms with Crippen LogP contribution in [0.25, 0.3) is 0 Å². The molecule has 0 spiro atoms. The fourth-order valence-corrected chi connectivity index (χ4v) is 4.44. The fourth-order valence-electron chi connectivity index (χ4n) is 3.05. The highest BCUT2D eigenvalue weighted by atomic mass is 32.2. The van der Waals surface area contributed by atoms with Gasteiger partial charge in [-0.05, 0) is 37.6 Å². The van der Waals surface area contributed by atoms with E-state index in [1.54, 1.807) is 0 Å². The largest absolute Gasteiger partial charge is 0.314 e. The molecule has 120 valence electrons. The molecule has 0 aromatic heterocycles. The maximum atomic E-state index is 12.2. The van der Waals surface area contributed by atoms with E-state index >= 15 is 0 Å². The first kappa shape index (κ1) is 17.9. The minimum Gasteiger partial charge on any atom is -0.314 e. The van der Waals surface area contributed by atoms with Crippen molar-refractivity contribution in [1.82, 2.24) is 10.0 Å². The molecule has 0 bridgehead atoms. The quantitative estimate of drug-likeness (QED) is 0.677. The molecule has 1 saturated carbocycles. The third-order valence-electron chi connectivity index (χ3n) is 4.15. The first-order valence-electron chi connectivity index (χ1n) is 8.05. The third kappa shape index (κ3) is 6.55. The molecule has 0 amide bonds. The van der Waals surface area contributed by atoms with Crippen LogP contribution in [0.4, 0.5) is 0 Å². The van der Waals surface area contributed by atoms with Crippen molar-refractivity contribution in [2.24, 2.45) is 11.8 Å². The van der Waals surface area contributed by atoms with Crippen molar-refractivity contribution in [3.63, 3.8) is 0 Å². The first-order chi connectivity index (χ1) is 9.32. The zero-order valence-corrected chi connectivity index (χ0v) is 14.3. The molecule has 1 aliphatic carbocycles. The smallest absolute Gasteiger partial charge is 0.211 e. The topological polar surface area (TPSA) is 58.2 Å². The molecule has 0 aliphatic heterocycles. The van der Waals surface area contributed by atoms with Gasteiger partial charge in [0.15, 0.2) is 0 Å². The molecule has 0 aromatic rings. The van der Waals surface area contributed by atoms with Crippen LogP contribution in [-0.4, -0.2) is 32.8 Å². The summed E-state index contributed by atoms with van der Waals surface area (Å²) in [5.74, 6) is 1.27. The van der Waals surface area contributed by atoms with Crippen molar-refractivity contribution in [3.05, 3.63) is 0 Å². The molecule has 0 radical (unpaired) electrons. The third-order valence-corrected chi connectivity index (χ3v) is 5.64. The van der Waals surface area contributed by atoms with Gasteiger partial charge >= 0.3 is 0 Å². The SMILES string of the molecule is CC(C)NCCCS(=O)(=O)NC1CCCCC1C(C)C. The van der Waals surface area contributed by atoms with Gasteiger partial charge in [-0.15, -0.1) is 0 Å². The van der Waals surface area contributed by atoms with Crippen LogP contribution in [0.5, 0.6) is 0 Å².